The van der Waals surface area contributed by atoms with E-state index in [1.54, 1.807) is 21.3 Å². The van der Waals surface area contributed by atoms with E-state index in [9.17, 15) is 0 Å². The molecule has 122 valence electrons. The van der Waals surface area contributed by atoms with E-state index in [4.69, 9.17) is 14.2 Å². The average Bonchev–Trinajstić information content (AvgIpc) is 2.93. The molecule has 1 aromatic carbocycles. The number of benzene rings is 1. The zero-order chi connectivity index (χ0) is 16.0. The smallest absolute Gasteiger partial charge is 0.161 e. The van der Waals surface area contributed by atoms with Crippen LogP contribution in [0.4, 0.5) is 0 Å². The third-order valence-electron chi connectivity index (χ3n) is 5.41. The average molecular weight is 313 g/mol. The Morgan fingerprint density at radius 1 is 1.09 bits per heavy atom. The predicted molar refractivity (Wildman–Crippen MR) is 89.4 cm³/mol. The number of hydrogen-bond donors (Lipinski definition) is 0. The summed E-state index contributed by atoms with van der Waals surface area (Å²) in [6.45, 7) is 2.09. The summed E-state index contributed by atoms with van der Waals surface area (Å²) in [7, 11) is 5.19. The van der Waals surface area contributed by atoms with Gasteiger partial charge in [-0.15, -0.1) is 0 Å². The molecule has 0 aromatic heterocycles. The maximum absolute atomic E-state index is 5.81. The first-order valence-electron chi connectivity index (χ1n) is 8.16. The lowest BCUT2D eigenvalue weighted by atomic mass is 9.78. The molecule has 4 nitrogen and oxygen atoms in total. The van der Waals surface area contributed by atoms with Crippen molar-refractivity contribution in [3.63, 3.8) is 0 Å². The fourth-order valence-corrected chi connectivity index (χ4v) is 4.30. The van der Waals surface area contributed by atoms with Gasteiger partial charge in [0.15, 0.2) is 11.5 Å². The van der Waals surface area contributed by atoms with Crippen molar-refractivity contribution in [2.24, 2.45) is 0 Å². The van der Waals surface area contributed by atoms with Gasteiger partial charge in [-0.3, -0.25) is 4.90 Å². The summed E-state index contributed by atoms with van der Waals surface area (Å²) in [5, 5.41) is 0. The van der Waals surface area contributed by atoms with Gasteiger partial charge >= 0.3 is 0 Å². The highest BCUT2D eigenvalue weighted by Gasteiger charge is 2.43. The lowest BCUT2D eigenvalue weighted by molar-refractivity contribution is 0.0845. The van der Waals surface area contributed by atoms with Gasteiger partial charge in [-0.25, -0.2) is 0 Å². The Kier molecular flexibility index (Phi) is 3.66. The number of hydrogen-bond acceptors (Lipinski definition) is 4. The van der Waals surface area contributed by atoms with Gasteiger partial charge in [-0.05, 0) is 35.3 Å². The highest BCUT2D eigenvalue weighted by Crippen LogP contribution is 2.45. The van der Waals surface area contributed by atoms with E-state index in [1.807, 2.05) is 0 Å². The van der Waals surface area contributed by atoms with E-state index in [1.165, 1.54) is 16.7 Å². The quantitative estimate of drug-likeness (QED) is 0.858. The molecule has 0 spiro atoms. The summed E-state index contributed by atoms with van der Waals surface area (Å²) in [6, 6.07) is 4.71. The molecule has 0 N–H and O–H groups in total. The summed E-state index contributed by atoms with van der Waals surface area (Å²) in [5.74, 6) is 1.91. The maximum atomic E-state index is 5.81. The van der Waals surface area contributed by atoms with Crippen molar-refractivity contribution in [2.45, 2.75) is 24.5 Å². The highest BCUT2D eigenvalue weighted by molar-refractivity contribution is 5.53. The van der Waals surface area contributed by atoms with Crippen LogP contribution >= 0.6 is 0 Å². The number of methoxy groups -OCH3 is 3. The number of ether oxygens (including phenoxy) is 3. The Hall–Kier alpha value is -1.78. The normalized spacial score (nSPS) is 28.7. The van der Waals surface area contributed by atoms with Crippen LogP contribution in [0.3, 0.4) is 0 Å². The van der Waals surface area contributed by atoms with Gasteiger partial charge in [0, 0.05) is 32.2 Å². The van der Waals surface area contributed by atoms with Crippen LogP contribution in [0.15, 0.2) is 35.9 Å². The summed E-state index contributed by atoms with van der Waals surface area (Å²) in [4.78, 5) is 2.56. The summed E-state index contributed by atoms with van der Waals surface area (Å²) < 4.78 is 16.9. The first kappa shape index (κ1) is 14.8. The van der Waals surface area contributed by atoms with Crippen molar-refractivity contribution in [1.82, 2.24) is 4.90 Å². The Morgan fingerprint density at radius 2 is 1.87 bits per heavy atom. The molecule has 1 aromatic rings. The second kappa shape index (κ2) is 5.69. The van der Waals surface area contributed by atoms with E-state index < -0.39 is 0 Å². The Labute approximate surface area is 137 Å². The van der Waals surface area contributed by atoms with Crippen molar-refractivity contribution >= 4 is 0 Å². The minimum atomic E-state index is 0.0905. The molecule has 0 radical (unpaired) electrons. The molecule has 0 saturated heterocycles. The minimum absolute atomic E-state index is 0.0905. The topological polar surface area (TPSA) is 30.9 Å². The number of fused-ring (bicyclic) bond motifs is 2. The largest absolute Gasteiger partial charge is 0.493 e. The first-order chi connectivity index (χ1) is 11.3. The molecule has 4 rings (SSSR count). The summed E-state index contributed by atoms with van der Waals surface area (Å²) >= 11 is 0. The van der Waals surface area contributed by atoms with Gasteiger partial charge in [0.25, 0.3) is 0 Å². The maximum Gasteiger partial charge on any atom is 0.161 e. The van der Waals surface area contributed by atoms with Crippen LogP contribution in [0.25, 0.3) is 0 Å². The lowest BCUT2D eigenvalue weighted by Gasteiger charge is -2.37. The fraction of sp³-hybridized carbons (Fsp3) is 0.474. The van der Waals surface area contributed by atoms with Crippen molar-refractivity contribution in [1.29, 1.82) is 0 Å². The third-order valence-corrected chi connectivity index (χ3v) is 5.41. The van der Waals surface area contributed by atoms with Crippen LogP contribution in [-0.4, -0.2) is 51.5 Å². The SMILES string of the molecule is COc1cc2c(cc1OC)C1C(OC)C=CC3=CCN(CC2)C31. The molecule has 2 aliphatic heterocycles. The van der Waals surface area contributed by atoms with Gasteiger partial charge in [-0.1, -0.05) is 18.2 Å². The second-order valence-corrected chi connectivity index (χ2v) is 6.39. The second-order valence-electron chi connectivity index (χ2n) is 6.39. The molecule has 3 atom stereocenters. The van der Waals surface area contributed by atoms with Crippen LogP contribution in [0.1, 0.15) is 17.0 Å². The predicted octanol–water partition coefficient (Wildman–Crippen LogP) is 2.54. The molecular weight excluding hydrogens is 290 g/mol. The van der Waals surface area contributed by atoms with Crippen LogP contribution in [-0.2, 0) is 11.2 Å². The van der Waals surface area contributed by atoms with Crippen molar-refractivity contribution < 1.29 is 14.2 Å². The van der Waals surface area contributed by atoms with E-state index in [-0.39, 0.29) is 6.10 Å². The fourth-order valence-electron chi connectivity index (χ4n) is 4.30. The Bertz CT molecular complexity index is 679. The van der Waals surface area contributed by atoms with Gasteiger partial charge in [-0.2, -0.15) is 0 Å². The van der Waals surface area contributed by atoms with Gasteiger partial charge in [0.1, 0.15) is 0 Å². The highest BCUT2D eigenvalue weighted by atomic mass is 16.5. The molecule has 0 fully saturated rings. The Balaban J connectivity index is 1.88. The summed E-state index contributed by atoms with van der Waals surface area (Å²) in [5.41, 5.74) is 4.10. The zero-order valence-corrected chi connectivity index (χ0v) is 13.9. The van der Waals surface area contributed by atoms with Gasteiger partial charge in [0.05, 0.1) is 20.3 Å². The molecule has 0 bridgehead atoms. The minimum Gasteiger partial charge on any atom is -0.493 e. The molecular formula is C19H23NO3. The monoisotopic (exact) mass is 313 g/mol. The molecule has 0 amide bonds. The Morgan fingerprint density at radius 3 is 2.61 bits per heavy atom. The van der Waals surface area contributed by atoms with Crippen LogP contribution in [0.5, 0.6) is 11.5 Å². The van der Waals surface area contributed by atoms with Gasteiger partial charge in [0.2, 0.25) is 0 Å². The molecule has 2 heterocycles. The van der Waals surface area contributed by atoms with Gasteiger partial charge < -0.3 is 14.2 Å². The standard InChI is InChI=1S/C19H23NO3/c1-21-15-5-4-12-6-8-20-9-7-13-10-16(22-2)17(23-3)11-14(13)18(15)19(12)20/h4-6,10-11,15,18-19H,7-9H2,1-3H3. The van der Waals surface area contributed by atoms with Crippen molar-refractivity contribution in [3.8, 4) is 11.5 Å². The van der Waals surface area contributed by atoms with E-state index in [2.05, 4.69) is 35.3 Å². The third kappa shape index (κ3) is 2.20. The van der Waals surface area contributed by atoms with Crippen molar-refractivity contribution in [2.75, 3.05) is 34.4 Å². The summed E-state index contributed by atoms with van der Waals surface area (Å²) in [6.07, 6.45) is 7.91. The van der Waals surface area contributed by atoms with E-state index in [0.29, 0.717) is 12.0 Å². The van der Waals surface area contributed by atoms with Crippen LogP contribution in [0.2, 0.25) is 0 Å². The molecule has 3 aliphatic rings. The van der Waals surface area contributed by atoms with Crippen LogP contribution < -0.4 is 9.47 Å². The van der Waals surface area contributed by atoms with Crippen molar-refractivity contribution in [3.05, 3.63) is 47.1 Å². The number of rotatable bonds is 3. The van der Waals surface area contributed by atoms with E-state index in [0.717, 1.165) is 31.0 Å². The molecule has 4 heteroatoms. The van der Waals surface area contributed by atoms with E-state index >= 15 is 0 Å². The molecule has 0 saturated carbocycles. The first-order valence-corrected chi connectivity index (χ1v) is 8.16. The van der Waals surface area contributed by atoms with Crippen LogP contribution in [0, 0.1) is 0 Å². The molecule has 3 unspecified atom stereocenters. The molecule has 1 aliphatic carbocycles. The molecule has 23 heavy (non-hydrogen) atoms. The lowest BCUT2D eigenvalue weighted by Crippen LogP contribution is -2.42. The zero-order valence-electron chi connectivity index (χ0n) is 13.9. The number of nitrogens with zero attached hydrogens (tertiary/aromatic N) is 1.